The van der Waals surface area contributed by atoms with Crippen LogP contribution >= 0.6 is 0 Å². The van der Waals surface area contributed by atoms with Crippen molar-refractivity contribution in [3.63, 3.8) is 0 Å². The fourth-order valence-electron chi connectivity index (χ4n) is 2.91. The normalized spacial score (nSPS) is 19.6. The van der Waals surface area contributed by atoms with Gasteiger partial charge in [-0.15, -0.1) is 0 Å². The molecule has 0 radical (unpaired) electrons. The lowest BCUT2D eigenvalue weighted by Gasteiger charge is -2.28. The number of benzene rings is 1. The number of nitrogens with two attached hydrogens (primary N) is 1. The van der Waals surface area contributed by atoms with Gasteiger partial charge in [-0.25, -0.2) is 0 Å². The van der Waals surface area contributed by atoms with E-state index >= 15 is 0 Å². The number of hydrogen-bond donors (Lipinski definition) is 2. The van der Waals surface area contributed by atoms with Crippen molar-refractivity contribution in [3.05, 3.63) is 35.4 Å². The van der Waals surface area contributed by atoms with Crippen molar-refractivity contribution in [2.75, 3.05) is 0 Å². The molecule has 130 valence electrons. The molecule has 0 saturated heterocycles. The van der Waals surface area contributed by atoms with Crippen LogP contribution in [0.1, 0.15) is 41.6 Å². The average molecular weight is 342 g/mol. The van der Waals surface area contributed by atoms with Crippen LogP contribution in [-0.4, -0.2) is 23.6 Å². The van der Waals surface area contributed by atoms with E-state index in [1.54, 1.807) is 0 Å². The van der Waals surface area contributed by atoms with Crippen LogP contribution in [0.2, 0.25) is 0 Å². The predicted molar refractivity (Wildman–Crippen MR) is 78.9 cm³/mol. The number of hydrogen-bond acceptors (Lipinski definition) is 3. The van der Waals surface area contributed by atoms with Gasteiger partial charge >= 0.3 is 6.18 Å². The number of primary amides is 1. The summed E-state index contributed by atoms with van der Waals surface area (Å²) in [4.78, 5) is 35.4. The van der Waals surface area contributed by atoms with Gasteiger partial charge in [0.2, 0.25) is 5.91 Å². The molecule has 24 heavy (non-hydrogen) atoms. The number of ketones is 1. The minimum Gasteiger partial charge on any atom is -0.368 e. The summed E-state index contributed by atoms with van der Waals surface area (Å²) in [5.41, 5.74) is 3.60. The second-order valence-corrected chi connectivity index (χ2v) is 5.79. The molecule has 0 spiro atoms. The molecule has 1 aliphatic carbocycles. The molecule has 1 aromatic carbocycles. The van der Waals surface area contributed by atoms with Crippen molar-refractivity contribution < 1.29 is 27.6 Å². The third kappa shape index (κ3) is 4.12. The number of Topliss-reactive ketones (excluding diaryl/α,β-unsaturated/α-hetero) is 1. The van der Waals surface area contributed by atoms with Crippen LogP contribution in [0.4, 0.5) is 13.2 Å². The maximum atomic E-state index is 13.0. The number of amides is 2. The molecule has 0 heterocycles. The highest BCUT2D eigenvalue weighted by Gasteiger charge is 2.37. The van der Waals surface area contributed by atoms with Crippen LogP contribution in [0.3, 0.4) is 0 Å². The first-order chi connectivity index (χ1) is 11.2. The number of rotatable bonds is 4. The molecule has 2 atom stereocenters. The Kier molecular flexibility index (Phi) is 5.26. The second kappa shape index (κ2) is 7.02. The lowest BCUT2D eigenvalue weighted by Crippen LogP contribution is -2.50. The van der Waals surface area contributed by atoms with E-state index in [-0.39, 0.29) is 12.2 Å². The highest BCUT2D eigenvalue weighted by molar-refractivity contribution is 5.99. The van der Waals surface area contributed by atoms with Gasteiger partial charge in [-0.2, -0.15) is 13.2 Å². The van der Waals surface area contributed by atoms with Crippen LogP contribution in [-0.2, 0) is 15.8 Å². The number of carbonyl (C=O) groups excluding carboxylic acids is 3. The molecule has 2 rings (SSSR count). The van der Waals surface area contributed by atoms with Crippen molar-refractivity contribution in [3.8, 4) is 0 Å². The van der Waals surface area contributed by atoms with Crippen LogP contribution in [0.15, 0.2) is 24.3 Å². The third-order valence-electron chi connectivity index (χ3n) is 4.06. The number of carbonyl (C=O) groups is 3. The zero-order valence-corrected chi connectivity index (χ0v) is 12.7. The van der Waals surface area contributed by atoms with E-state index in [1.807, 2.05) is 0 Å². The first-order valence-electron chi connectivity index (χ1n) is 7.48. The van der Waals surface area contributed by atoms with E-state index < -0.39 is 41.1 Å². The highest BCUT2D eigenvalue weighted by Crippen LogP contribution is 2.32. The Hall–Kier alpha value is -2.38. The van der Waals surface area contributed by atoms with Gasteiger partial charge in [0.1, 0.15) is 11.8 Å². The molecular formula is C16H17F3N2O3. The molecule has 8 heteroatoms. The summed E-state index contributed by atoms with van der Waals surface area (Å²) in [5.74, 6) is -2.45. The van der Waals surface area contributed by atoms with E-state index in [4.69, 9.17) is 5.73 Å². The predicted octanol–water partition coefficient (Wildman–Crippen LogP) is 2.05. The van der Waals surface area contributed by atoms with Crippen LogP contribution in [0, 0.1) is 5.92 Å². The summed E-state index contributed by atoms with van der Waals surface area (Å²) >= 11 is 0. The minimum atomic E-state index is -4.70. The largest absolute Gasteiger partial charge is 0.417 e. The van der Waals surface area contributed by atoms with Gasteiger partial charge in [0, 0.05) is 12.8 Å². The molecule has 1 fully saturated rings. The quantitative estimate of drug-likeness (QED) is 0.877. The van der Waals surface area contributed by atoms with Crippen LogP contribution < -0.4 is 11.1 Å². The third-order valence-corrected chi connectivity index (χ3v) is 4.06. The van der Waals surface area contributed by atoms with Crippen molar-refractivity contribution in [2.45, 2.75) is 37.9 Å². The summed E-state index contributed by atoms with van der Waals surface area (Å²) in [5, 5.41) is 2.27. The topological polar surface area (TPSA) is 89.3 Å². The molecule has 0 bridgehead atoms. The summed E-state index contributed by atoms with van der Waals surface area (Å²) in [6.07, 6.45) is -3.17. The minimum absolute atomic E-state index is 0.0533. The highest BCUT2D eigenvalue weighted by atomic mass is 19.4. The Bertz CT molecular complexity index is 658. The maximum Gasteiger partial charge on any atom is 0.417 e. The fourth-order valence-corrected chi connectivity index (χ4v) is 2.91. The zero-order valence-electron chi connectivity index (χ0n) is 12.7. The van der Waals surface area contributed by atoms with E-state index in [2.05, 4.69) is 5.32 Å². The smallest absolute Gasteiger partial charge is 0.368 e. The van der Waals surface area contributed by atoms with Crippen molar-refractivity contribution in [1.29, 1.82) is 0 Å². The van der Waals surface area contributed by atoms with Gasteiger partial charge in [0.25, 0.3) is 5.91 Å². The van der Waals surface area contributed by atoms with Gasteiger partial charge in [-0.3, -0.25) is 14.4 Å². The standard InChI is InChI=1S/C16H17F3N2O3/c17-16(18,19)12-7-2-1-6-11(12)15(24)21-13(14(20)23)9-4-3-5-10(22)8-9/h1-2,6-7,9,13H,3-5,8H2,(H2,20,23)(H,21,24)/t9-,13-/m0/s1. The molecule has 1 aromatic rings. The lowest BCUT2D eigenvalue weighted by atomic mass is 9.82. The van der Waals surface area contributed by atoms with Crippen LogP contribution in [0.25, 0.3) is 0 Å². The summed E-state index contributed by atoms with van der Waals surface area (Å²) < 4.78 is 39.0. The van der Waals surface area contributed by atoms with E-state index in [1.165, 1.54) is 12.1 Å². The molecule has 2 amide bonds. The van der Waals surface area contributed by atoms with Gasteiger partial charge in [-0.05, 0) is 30.9 Å². The molecule has 5 nitrogen and oxygen atoms in total. The summed E-state index contributed by atoms with van der Waals surface area (Å²) in [7, 11) is 0. The van der Waals surface area contributed by atoms with Gasteiger partial charge in [0.05, 0.1) is 11.1 Å². The molecule has 0 unspecified atom stereocenters. The van der Waals surface area contributed by atoms with Crippen molar-refractivity contribution >= 4 is 17.6 Å². The molecule has 3 N–H and O–H groups in total. The van der Waals surface area contributed by atoms with Gasteiger partial charge in [-0.1, -0.05) is 12.1 Å². The first kappa shape index (κ1) is 18.0. The van der Waals surface area contributed by atoms with E-state index in [0.717, 1.165) is 12.1 Å². The number of halogens is 3. The molecule has 1 aliphatic rings. The monoisotopic (exact) mass is 342 g/mol. The van der Waals surface area contributed by atoms with Gasteiger partial charge < -0.3 is 11.1 Å². The Morgan fingerprint density at radius 1 is 1.25 bits per heavy atom. The molecule has 0 aromatic heterocycles. The van der Waals surface area contributed by atoms with Crippen molar-refractivity contribution in [2.24, 2.45) is 11.7 Å². The lowest BCUT2D eigenvalue weighted by molar-refractivity contribution is -0.138. The van der Waals surface area contributed by atoms with E-state index in [0.29, 0.717) is 19.3 Å². The first-order valence-corrected chi connectivity index (χ1v) is 7.48. The Morgan fingerprint density at radius 3 is 2.50 bits per heavy atom. The van der Waals surface area contributed by atoms with Gasteiger partial charge in [0.15, 0.2) is 0 Å². The van der Waals surface area contributed by atoms with E-state index in [9.17, 15) is 27.6 Å². The van der Waals surface area contributed by atoms with Crippen molar-refractivity contribution in [1.82, 2.24) is 5.32 Å². The SMILES string of the molecule is NC(=O)[C@@H](NC(=O)c1ccccc1C(F)(F)F)[C@H]1CCCC(=O)C1. The van der Waals surface area contributed by atoms with Crippen LogP contribution in [0.5, 0.6) is 0 Å². The zero-order chi connectivity index (χ0) is 17.9. The molecule has 0 aliphatic heterocycles. The summed E-state index contributed by atoms with van der Waals surface area (Å²) in [6.45, 7) is 0. The Morgan fingerprint density at radius 2 is 1.92 bits per heavy atom. The Labute approximate surface area is 136 Å². The number of alkyl halides is 3. The maximum absolute atomic E-state index is 13.0. The Balaban J connectivity index is 2.23. The fraction of sp³-hybridized carbons (Fsp3) is 0.438. The summed E-state index contributed by atoms with van der Waals surface area (Å²) in [6, 6.07) is 3.11. The number of nitrogens with one attached hydrogen (secondary N) is 1. The molecule has 1 saturated carbocycles. The molecular weight excluding hydrogens is 325 g/mol. The second-order valence-electron chi connectivity index (χ2n) is 5.79. The average Bonchev–Trinajstić information content (AvgIpc) is 2.51.